The molecular weight excluding hydrogens is 203 g/mol. The highest BCUT2D eigenvalue weighted by Gasteiger charge is 2.19. The van der Waals surface area contributed by atoms with Gasteiger partial charge in [0.05, 0.1) is 6.10 Å². The number of hydrogen-bond acceptors (Lipinski definition) is 1. The van der Waals surface area contributed by atoms with Crippen molar-refractivity contribution < 1.29 is 9.13 Å². The number of ether oxygens (including phenoxy) is 1. The largest absolute Gasteiger partial charge is 0.491 e. The molecule has 1 nitrogen and oxygen atoms in total. The summed E-state index contributed by atoms with van der Waals surface area (Å²) in [5, 5.41) is 0. The molecule has 0 amide bonds. The van der Waals surface area contributed by atoms with Crippen LogP contribution in [0.5, 0.6) is 0 Å². The summed E-state index contributed by atoms with van der Waals surface area (Å²) in [6.07, 6.45) is 9.30. The van der Waals surface area contributed by atoms with Crippen molar-refractivity contribution in [2.45, 2.75) is 58.7 Å². The van der Waals surface area contributed by atoms with Crippen molar-refractivity contribution in [2.75, 3.05) is 0 Å². The summed E-state index contributed by atoms with van der Waals surface area (Å²) in [6.45, 7) is 5.73. The number of hydrogen-bond donors (Lipinski definition) is 0. The molecule has 1 saturated carbocycles. The molecule has 1 atom stereocenters. The molecule has 1 aliphatic carbocycles. The van der Waals surface area contributed by atoms with E-state index in [0.717, 1.165) is 24.5 Å². The second kappa shape index (κ2) is 6.72. The first kappa shape index (κ1) is 13.3. The van der Waals surface area contributed by atoms with Crippen LogP contribution in [0.2, 0.25) is 0 Å². The zero-order valence-corrected chi connectivity index (χ0v) is 10.6. The second-order valence-corrected chi connectivity index (χ2v) is 4.73. The van der Waals surface area contributed by atoms with E-state index in [2.05, 4.69) is 6.92 Å². The highest BCUT2D eigenvalue weighted by Crippen LogP contribution is 2.27. The molecule has 0 aromatic carbocycles. The zero-order valence-electron chi connectivity index (χ0n) is 10.6. The minimum absolute atomic E-state index is 0.321. The molecule has 0 saturated heterocycles. The highest BCUT2D eigenvalue weighted by molar-refractivity contribution is 5.12. The van der Waals surface area contributed by atoms with Crippen LogP contribution in [0.25, 0.3) is 0 Å². The third-order valence-corrected chi connectivity index (χ3v) is 3.08. The van der Waals surface area contributed by atoms with Crippen LogP contribution in [-0.2, 0) is 4.74 Å². The van der Waals surface area contributed by atoms with Gasteiger partial charge in [-0.2, -0.15) is 0 Å². The van der Waals surface area contributed by atoms with Crippen LogP contribution in [0.1, 0.15) is 46.5 Å². The van der Waals surface area contributed by atoms with Crippen LogP contribution < -0.4 is 0 Å². The van der Waals surface area contributed by atoms with Gasteiger partial charge in [0, 0.05) is 0 Å². The van der Waals surface area contributed by atoms with Gasteiger partial charge in [0.15, 0.2) is 0 Å². The Bertz CT molecular complexity index is 247. The van der Waals surface area contributed by atoms with Gasteiger partial charge in [-0.15, -0.1) is 0 Å². The fourth-order valence-corrected chi connectivity index (χ4v) is 1.97. The predicted molar refractivity (Wildman–Crippen MR) is 66.0 cm³/mol. The summed E-state index contributed by atoms with van der Waals surface area (Å²) < 4.78 is 18.5. The van der Waals surface area contributed by atoms with Gasteiger partial charge in [-0.05, 0) is 63.7 Å². The van der Waals surface area contributed by atoms with Crippen molar-refractivity contribution in [1.82, 2.24) is 0 Å². The van der Waals surface area contributed by atoms with Crippen LogP contribution in [0.4, 0.5) is 4.39 Å². The first-order chi connectivity index (χ1) is 7.61. The molecule has 0 radical (unpaired) electrons. The molecule has 0 spiro atoms. The molecule has 0 heterocycles. The van der Waals surface area contributed by atoms with Gasteiger partial charge in [0.25, 0.3) is 0 Å². The van der Waals surface area contributed by atoms with Crippen LogP contribution in [0, 0.1) is 5.92 Å². The smallest absolute Gasteiger partial charge is 0.116 e. The second-order valence-electron chi connectivity index (χ2n) is 4.73. The van der Waals surface area contributed by atoms with Crippen molar-refractivity contribution in [1.29, 1.82) is 0 Å². The van der Waals surface area contributed by atoms with Crippen LogP contribution in [-0.4, -0.2) is 12.3 Å². The van der Waals surface area contributed by atoms with E-state index >= 15 is 0 Å². The number of halogens is 1. The van der Waals surface area contributed by atoms with E-state index in [1.165, 1.54) is 25.8 Å². The van der Waals surface area contributed by atoms with Gasteiger partial charge < -0.3 is 4.74 Å². The Morgan fingerprint density at radius 3 is 2.44 bits per heavy atom. The zero-order chi connectivity index (χ0) is 12.0. The summed E-state index contributed by atoms with van der Waals surface area (Å²) in [6, 6.07) is 0. The van der Waals surface area contributed by atoms with Crippen molar-refractivity contribution in [3.8, 4) is 0 Å². The summed E-state index contributed by atoms with van der Waals surface area (Å²) in [5.41, 5.74) is 0. The Morgan fingerprint density at radius 1 is 1.31 bits per heavy atom. The molecule has 16 heavy (non-hydrogen) atoms. The first-order valence-corrected chi connectivity index (χ1v) is 6.27. The van der Waals surface area contributed by atoms with Gasteiger partial charge in [-0.3, -0.25) is 0 Å². The Morgan fingerprint density at radius 2 is 1.94 bits per heavy atom. The molecule has 1 rings (SSSR count). The van der Waals surface area contributed by atoms with Gasteiger partial charge in [0.2, 0.25) is 0 Å². The predicted octanol–water partition coefficient (Wildman–Crippen LogP) is 4.40. The molecule has 92 valence electrons. The highest BCUT2D eigenvalue weighted by atomic mass is 19.1. The molecule has 1 unspecified atom stereocenters. The Labute approximate surface area is 98.4 Å². The van der Waals surface area contributed by atoms with E-state index in [0.29, 0.717) is 6.10 Å². The van der Waals surface area contributed by atoms with Crippen LogP contribution >= 0.6 is 0 Å². The standard InChI is InChI=1S/C14H23FO/c1-4-13(10-7-12(3)15)16-14-8-5-11(2)6-9-14/h4,7,10-12,14H,5-6,8-9H2,1-3H3/b10-7-,13-4+. The summed E-state index contributed by atoms with van der Waals surface area (Å²) in [5.74, 6) is 1.62. The minimum Gasteiger partial charge on any atom is -0.491 e. The van der Waals surface area contributed by atoms with Gasteiger partial charge in [-0.25, -0.2) is 4.39 Å². The van der Waals surface area contributed by atoms with E-state index in [1.54, 1.807) is 6.08 Å². The molecular formula is C14H23FO. The van der Waals surface area contributed by atoms with Crippen molar-refractivity contribution >= 4 is 0 Å². The lowest BCUT2D eigenvalue weighted by molar-refractivity contribution is 0.0765. The van der Waals surface area contributed by atoms with E-state index in [9.17, 15) is 4.39 Å². The third kappa shape index (κ3) is 4.82. The molecule has 1 aliphatic rings. The lowest BCUT2D eigenvalue weighted by atomic mass is 9.89. The fourth-order valence-electron chi connectivity index (χ4n) is 1.97. The monoisotopic (exact) mass is 226 g/mol. The molecule has 2 heteroatoms. The van der Waals surface area contributed by atoms with Crippen molar-refractivity contribution in [3.05, 3.63) is 24.0 Å². The Kier molecular flexibility index (Phi) is 5.58. The van der Waals surface area contributed by atoms with E-state index in [-0.39, 0.29) is 0 Å². The first-order valence-electron chi connectivity index (χ1n) is 6.27. The van der Waals surface area contributed by atoms with Crippen molar-refractivity contribution in [3.63, 3.8) is 0 Å². The lowest BCUT2D eigenvalue weighted by Gasteiger charge is -2.27. The SMILES string of the molecule is C/C=C(\C=C/C(C)F)OC1CCC(C)CC1. The maximum atomic E-state index is 12.7. The number of alkyl halides is 1. The molecule has 0 aromatic rings. The van der Waals surface area contributed by atoms with Crippen LogP contribution in [0.15, 0.2) is 24.0 Å². The normalized spacial score (nSPS) is 29.4. The summed E-state index contributed by atoms with van der Waals surface area (Å²) in [4.78, 5) is 0. The van der Waals surface area contributed by atoms with Crippen molar-refractivity contribution in [2.24, 2.45) is 5.92 Å². The fraction of sp³-hybridized carbons (Fsp3) is 0.714. The summed E-state index contributed by atoms with van der Waals surface area (Å²) >= 11 is 0. The lowest BCUT2D eigenvalue weighted by Crippen LogP contribution is -2.19. The average molecular weight is 226 g/mol. The number of rotatable bonds is 4. The maximum absolute atomic E-state index is 12.7. The number of allylic oxidation sites excluding steroid dienone is 3. The molecule has 0 N–H and O–H groups in total. The molecule has 0 aromatic heterocycles. The van der Waals surface area contributed by atoms with E-state index in [4.69, 9.17) is 4.74 Å². The van der Waals surface area contributed by atoms with E-state index in [1.807, 2.05) is 13.0 Å². The third-order valence-electron chi connectivity index (χ3n) is 3.08. The Hall–Kier alpha value is -0.790. The molecule has 1 fully saturated rings. The quantitative estimate of drug-likeness (QED) is 0.510. The minimum atomic E-state index is -0.912. The van der Waals surface area contributed by atoms with Gasteiger partial charge in [0.1, 0.15) is 11.9 Å². The maximum Gasteiger partial charge on any atom is 0.116 e. The molecule has 0 aliphatic heterocycles. The van der Waals surface area contributed by atoms with Gasteiger partial charge >= 0.3 is 0 Å². The topological polar surface area (TPSA) is 9.23 Å². The van der Waals surface area contributed by atoms with Crippen LogP contribution in [0.3, 0.4) is 0 Å². The Balaban J connectivity index is 2.39. The molecule has 0 bridgehead atoms. The van der Waals surface area contributed by atoms with E-state index < -0.39 is 6.17 Å². The van der Waals surface area contributed by atoms with Gasteiger partial charge in [-0.1, -0.05) is 6.92 Å². The summed E-state index contributed by atoms with van der Waals surface area (Å²) in [7, 11) is 0. The average Bonchev–Trinajstić information content (AvgIpc) is 2.26.